The molecular weight excluding hydrogens is 164 g/mol. The lowest BCUT2D eigenvalue weighted by Crippen LogP contribution is -2.08. The smallest absolute Gasteiger partial charge is 0.106 e. The van der Waals surface area contributed by atoms with Crippen molar-refractivity contribution < 1.29 is 9.52 Å². The molecule has 0 radical (unpaired) electrons. The van der Waals surface area contributed by atoms with E-state index >= 15 is 0 Å². The third-order valence-corrected chi connectivity index (χ3v) is 2.84. The van der Waals surface area contributed by atoms with Crippen molar-refractivity contribution in [2.45, 2.75) is 44.1 Å². The van der Waals surface area contributed by atoms with E-state index in [4.69, 9.17) is 4.42 Å². The Morgan fingerprint density at radius 2 is 2.15 bits per heavy atom. The van der Waals surface area contributed by atoms with Crippen LogP contribution in [0.25, 0.3) is 0 Å². The van der Waals surface area contributed by atoms with Gasteiger partial charge in [0, 0.05) is 5.92 Å². The zero-order valence-electron chi connectivity index (χ0n) is 7.78. The minimum Gasteiger partial charge on any atom is -0.469 e. The van der Waals surface area contributed by atoms with Gasteiger partial charge in [0.2, 0.25) is 0 Å². The second-order valence-corrected chi connectivity index (χ2v) is 3.89. The van der Waals surface area contributed by atoms with Crippen molar-refractivity contribution in [1.29, 1.82) is 0 Å². The van der Waals surface area contributed by atoms with Crippen molar-refractivity contribution >= 4 is 0 Å². The Morgan fingerprint density at radius 3 is 2.92 bits per heavy atom. The monoisotopic (exact) mass is 180 g/mol. The fourth-order valence-electron chi connectivity index (χ4n) is 2.12. The van der Waals surface area contributed by atoms with E-state index in [-0.39, 0.29) is 6.10 Å². The summed E-state index contributed by atoms with van der Waals surface area (Å²) in [5.41, 5.74) is 0. The number of aliphatic hydroxyl groups excluding tert-OH is 1. The highest BCUT2D eigenvalue weighted by atomic mass is 16.3. The summed E-state index contributed by atoms with van der Waals surface area (Å²) in [4.78, 5) is 0. The molecule has 2 atom stereocenters. The predicted molar refractivity (Wildman–Crippen MR) is 50.5 cm³/mol. The van der Waals surface area contributed by atoms with Gasteiger partial charge in [-0.05, 0) is 31.4 Å². The highest BCUT2D eigenvalue weighted by Gasteiger charge is 2.21. The quantitative estimate of drug-likeness (QED) is 0.674. The average molecular weight is 180 g/mol. The van der Waals surface area contributed by atoms with Crippen LogP contribution in [-0.2, 0) is 0 Å². The molecule has 2 nitrogen and oxygen atoms in total. The van der Waals surface area contributed by atoms with E-state index in [1.54, 1.807) is 6.26 Å². The summed E-state index contributed by atoms with van der Waals surface area (Å²) in [5.74, 6) is 1.48. The van der Waals surface area contributed by atoms with Crippen molar-refractivity contribution in [2.24, 2.45) is 0 Å². The standard InChI is InChI=1S/C11H16O2/c12-10-5-2-1-4-9(8-10)11-6-3-7-13-11/h3,6-7,9-10,12H,1-2,4-5,8H2. The molecule has 0 saturated heterocycles. The molecule has 13 heavy (non-hydrogen) atoms. The summed E-state index contributed by atoms with van der Waals surface area (Å²) in [6.07, 6.45) is 6.93. The number of furan rings is 1. The van der Waals surface area contributed by atoms with Crippen LogP contribution in [0.4, 0.5) is 0 Å². The van der Waals surface area contributed by atoms with Crippen molar-refractivity contribution in [3.05, 3.63) is 24.2 Å². The minimum atomic E-state index is -0.127. The Hall–Kier alpha value is -0.760. The van der Waals surface area contributed by atoms with Gasteiger partial charge in [-0.2, -0.15) is 0 Å². The summed E-state index contributed by atoms with van der Waals surface area (Å²) in [6.45, 7) is 0. The molecule has 1 aliphatic rings. The Morgan fingerprint density at radius 1 is 1.31 bits per heavy atom. The summed E-state index contributed by atoms with van der Waals surface area (Å²) in [5, 5.41) is 9.62. The fourth-order valence-corrected chi connectivity index (χ4v) is 2.12. The van der Waals surface area contributed by atoms with Gasteiger partial charge in [-0.1, -0.05) is 12.8 Å². The van der Waals surface area contributed by atoms with Crippen LogP contribution in [0, 0.1) is 0 Å². The van der Waals surface area contributed by atoms with Gasteiger partial charge in [0.25, 0.3) is 0 Å². The topological polar surface area (TPSA) is 33.4 Å². The number of aliphatic hydroxyl groups is 1. The van der Waals surface area contributed by atoms with Crippen molar-refractivity contribution in [3.63, 3.8) is 0 Å². The largest absolute Gasteiger partial charge is 0.469 e. The van der Waals surface area contributed by atoms with E-state index in [9.17, 15) is 5.11 Å². The first kappa shape index (κ1) is 8.82. The minimum absolute atomic E-state index is 0.127. The zero-order chi connectivity index (χ0) is 9.10. The lowest BCUT2D eigenvalue weighted by molar-refractivity contribution is 0.149. The Balaban J connectivity index is 2.05. The van der Waals surface area contributed by atoms with Gasteiger partial charge in [0.05, 0.1) is 12.4 Å². The van der Waals surface area contributed by atoms with Crippen LogP contribution in [0.5, 0.6) is 0 Å². The molecule has 2 unspecified atom stereocenters. The van der Waals surface area contributed by atoms with Gasteiger partial charge in [0.15, 0.2) is 0 Å². The molecule has 0 aromatic carbocycles. The van der Waals surface area contributed by atoms with Crippen LogP contribution in [0.2, 0.25) is 0 Å². The highest BCUT2D eigenvalue weighted by molar-refractivity contribution is 5.06. The maximum atomic E-state index is 9.62. The predicted octanol–water partition coefficient (Wildman–Crippen LogP) is 2.69. The summed E-state index contributed by atoms with van der Waals surface area (Å²) in [6, 6.07) is 3.94. The lowest BCUT2D eigenvalue weighted by atomic mass is 9.97. The Kier molecular flexibility index (Phi) is 2.69. The molecule has 1 aromatic heterocycles. The third kappa shape index (κ3) is 2.13. The molecule has 1 aliphatic carbocycles. The number of hydrogen-bond acceptors (Lipinski definition) is 2. The van der Waals surface area contributed by atoms with Gasteiger partial charge >= 0.3 is 0 Å². The van der Waals surface area contributed by atoms with Crippen LogP contribution in [0.3, 0.4) is 0 Å². The first-order valence-electron chi connectivity index (χ1n) is 5.08. The molecule has 1 saturated carbocycles. The first-order chi connectivity index (χ1) is 6.36. The summed E-state index contributed by atoms with van der Waals surface area (Å²) >= 11 is 0. The van der Waals surface area contributed by atoms with Crippen molar-refractivity contribution in [1.82, 2.24) is 0 Å². The third-order valence-electron chi connectivity index (χ3n) is 2.84. The zero-order valence-corrected chi connectivity index (χ0v) is 7.78. The van der Waals surface area contributed by atoms with E-state index in [1.807, 2.05) is 12.1 Å². The van der Waals surface area contributed by atoms with Gasteiger partial charge in [0.1, 0.15) is 5.76 Å². The van der Waals surface area contributed by atoms with E-state index in [2.05, 4.69) is 0 Å². The molecule has 1 fully saturated rings. The SMILES string of the molecule is OC1CCCCC(c2ccco2)C1. The molecule has 2 rings (SSSR count). The average Bonchev–Trinajstić information content (AvgIpc) is 2.56. The lowest BCUT2D eigenvalue weighted by Gasteiger charge is -2.13. The molecule has 0 spiro atoms. The van der Waals surface area contributed by atoms with Crippen molar-refractivity contribution in [2.75, 3.05) is 0 Å². The second kappa shape index (κ2) is 3.97. The molecule has 0 bridgehead atoms. The second-order valence-electron chi connectivity index (χ2n) is 3.89. The normalized spacial score (nSPS) is 29.9. The molecule has 0 aliphatic heterocycles. The molecule has 72 valence electrons. The molecular formula is C11H16O2. The summed E-state index contributed by atoms with van der Waals surface area (Å²) in [7, 11) is 0. The molecule has 1 N–H and O–H groups in total. The van der Waals surface area contributed by atoms with Crippen LogP contribution < -0.4 is 0 Å². The van der Waals surface area contributed by atoms with E-state index in [0.717, 1.165) is 31.4 Å². The van der Waals surface area contributed by atoms with Crippen LogP contribution in [0.15, 0.2) is 22.8 Å². The molecule has 0 amide bonds. The number of hydrogen-bond donors (Lipinski definition) is 1. The van der Waals surface area contributed by atoms with Crippen LogP contribution >= 0.6 is 0 Å². The molecule has 1 heterocycles. The van der Waals surface area contributed by atoms with Gasteiger partial charge in [-0.15, -0.1) is 0 Å². The van der Waals surface area contributed by atoms with E-state index in [0.29, 0.717) is 5.92 Å². The van der Waals surface area contributed by atoms with Gasteiger partial charge in [-0.25, -0.2) is 0 Å². The Labute approximate surface area is 78.6 Å². The molecule has 2 heteroatoms. The van der Waals surface area contributed by atoms with Gasteiger partial charge < -0.3 is 9.52 Å². The number of rotatable bonds is 1. The maximum absolute atomic E-state index is 9.62. The maximum Gasteiger partial charge on any atom is 0.106 e. The fraction of sp³-hybridized carbons (Fsp3) is 0.636. The molecule has 1 aromatic rings. The van der Waals surface area contributed by atoms with Gasteiger partial charge in [-0.3, -0.25) is 0 Å². The van der Waals surface area contributed by atoms with Crippen LogP contribution in [0.1, 0.15) is 43.8 Å². The first-order valence-corrected chi connectivity index (χ1v) is 5.08. The van der Waals surface area contributed by atoms with Crippen molar-refractivity contribution in [3.8, 4) is 0 Å². The van der Waals surface area contributed by atoms with E-state index in [1.165, 1.54) is 6.42 Å². The van der Waals surface area contributed by atoms with Crippen LogP contribution in [-0.4, -0.2) is 11.2 Å². The summed E-state index contributed by atoms with van der Waals surface area (Å²) < 4.78 is 5.37. The Bertz CT molecular complexity index is 241. The highest BCUT2D eigenvalue weighted by Crippen LogP contribution is 2.31. The van der Waals surface area contributed by atoms with E-state index < -0.39 is 0 Å².